The number of hydrogen-bond donors (Lipinski definition) is 0. The van der Waals surface area contributed by atoms with Crippen molar-refractivity contribution in [2.45, 2.75) is 20.0 Å². The van der Waals surface area contributed by atoms with Crippen LogP contribution in [0.1, 0.15) is 22.3 Å². The molecule has 6 heteroatoms. The average molecular weight is 386 g/mol. The summed E-state index contributed by atoms with van der Waals surface area (Å²) in [5, 5.41) is 11.6. The molecule has 0 saturated carbocycles. The third-order valence-electron chi connectivity index (χ3n) is 4.18. The van der Waals surface area contributed by atoms with E-state index >= 15 is 0 Å². The zero-order valence-electron chi connectivity index (χ0n) is 14.6. The summed E-state index contributed by atoms with van der Waals surface area (Å²) in [6, 6.07) is 16.7. The van der Waals surface area contributed by atoms with Crippen LogP contribution in [-0.4, -0.2) is 4.92 Å². The van der Waals surface area contributed by atoms with Gasteiger partial charge in [0.25, 0.3) is 5.69 Å². The molecule has 0 atom stereocenters. The number of halogens is 2. The molecule has 4 nitrogen and oxygen atoms in total. The predicted molar refractivity (Wildman–Crippen MR) is 103 cm³/mol. The maximum Gasteiger partial charge on any atom is 0.276 e. The molecule has 27 heavy (non-hydrogen) atoms. The van der Waals surface area contributed by atoms with E-state index in [0.29, 0.717) is 28.3 Å². The van der Waals surface area contributed by atoms with Crippen molar-refractivity contribution in [1.82, 2.24) is 0 Å². The van der Waals surface area contributed by atoms with Gasteiger partial charge >= 0.3 is 0 Å². The van der Waals surface area contributed by atoms with E-state index in [9.17, 15) is 14.5 Å². The lowest BCUT2D eigenvalue weighted by Crippen LogP contribution is -2.03. The number of nitro benzene ring substituents is 1. The minimum atomic E-state index is -0.423. The predicted octanol–water partition coefficient (Wildman–Crippen LogP) is 5.87. The third kappa shape index (κ3) is 4.63. The SMILES string of the molecule is Cc1ccc([N+](=O)[O-])c(COc2ccccc2Cc2ccc(Cl)cc2F)c1. The summed E-state index contributed by atoms with van der Waals surface area (Å²) >= 11 is 5.80. The molecule has 0 aliphatic rings. The first-order chi connectivity index (χ1) is 12.9. The summed E-state index contributed by atoms with van der Waals surface area (Å²) in [7, 11) is 0. The smallest absolute Gasteiger partial charge is 0.276 e. The molecule has 3 rings (SSSR count). The highest BCUT2D eigenvalue weighted by molar-refractivity contribution is 6.30. The van der Waals surface area contributed by atoms with Crippen molar-refractivity contribution in [3.8, 4) is 5.75 Å². The summed E-state index contributed by atoms with van der Waals surface area (Å²) in [6.07, 6.45) is 0.328. The Morgan fingerprint density at radius 3 is 2.56 bits per heavy atom. The van der Waals surface area contributed by atoms with Crippen molar-refractivity contribution < 1.29 is 14.1 Å². The van der Waals surface area contributed by atoms with Gasteiger partial charge in [0.15, 0.2) is 0 Å². The molecule has 0 amide bonds. The van der Waals surface area contributed by atoms with Crippen LogP contribution in [0.4, 0.5) is 10.1 Å². The van der Waals surface area contributed by atoms with Gasteiger partial charge in [-0.05, 0) is 42.3 Å². The van der Waals surface area contributed by atoms with Crippen molar-refractivity contribution in [2.24, 2.45) is 0 Å². The standard InChI is InChI=1S/C21H17ClFNO3/c1-14-6-9-20(24(25)26)17(10-14)13-27-21-5-3-2-4-16(21)11-15-7-8-18(22)12-19(15)23/h2-10,12H,11,13H2,1H3. The lowest BCUT2D eigenvalue weighted by atomic mass is 10.0. The summed E-state index contributed by atoms with van der Waals surface area (Å²) in [4.78, 5) is 10.8. The molecule has 138 valence electrons. The lowest BCUT2D eigenvalue weighted by Gasteiger charge is -2.13. The van der Waals surface area contributed by atoms with Gasteiger partial charge in [0.1, 0.15) is 18.2 Å². The van der Waals surface area contributed by atoms with Gasteiger partial charge in [0.05, 0.1) is 10.5 Å². The number of nitrogens with zero attached hydrogens (tertiary/aromatic N) is 1. The normalized spacial score (nSPS) is 10.6. The van der Waals surface area contributed by atoms with Crippen LogP contribution in [0.3, 0.4) is 0 Å². The molecule has 0 heterocycles. The molecule has 0 aliphatic carbocycles. The first-order valence-corrected chi connectivity index (χ1v) is 8.70. The molecule has 0 unspecified atom stereocenters. The Labute approximate surface area is 161 Å². The van der Waals surface area contributed by atoms with Gasteiger partial charge in [-0.15, -0.1) is 0 Å². The van der Waals surface area contributed by atoms with E-state index in [4.69, 9.17) is 16.3 Å². The molecule has 3 aromatic rings. The van der Waals surface area contributed by atoms with Crippen LogP contribution in [0.15, 0.2) is 60.7 Å². The monoisotopic (exact) mass is 385 g/mol. The van der Waals surface area contributed by atoms with Crippen LogP contribution < -0.4 is 4.74 Å². The van der Waals surface area contributed by atoms with E-state index in [1.54, 1.807) is 30.3 Å². The van der Waals surface area contributed by atoms with Gasteiger partial charge in [-0.25, -0.2) is 4.39 Å². The Kier molecular flexibility index (Phi) is 5.72. The Balaban J connectivity index is 1.83. The van der Waals surface area contributed by atoms with Crippen molar-refractivity contribution in [1.29, 1.82) is 0 Å². The molecule has 0 radical (unpaired) electrons. The second kappa shape index (κ2) is 8.18. The number of benzene rings is 3. The van der Waals surface area contributed by atoms with Crippen molar-refractivity contribution in [2.75, 3.05) is 0 Å². The zero-order chi connectivity index (χ0) is 19.4. The summed E-state index contributed by atoms with van der Waals surface area (Å²) in [5.41, 5.74) is 2.70. The number of para-hydroxylation sites is 1. The van der Waals surface area contributed by atoms with Gasteiger partial charge < -0.3 is 4.74 Å². The molecule has 0 spiro atoms. The van der Waals surface area contributed by atoms with E-state index in [0.717, 1.165) is 11.1 Å². The quantitative estimate of drug-likeness (QED) is 0.394. The van der Waals surface area contributed by atoms with Crippen LogP contribution in [0.5, 0.6) is 5.75 Å². The molecular weight excluding hydrogens is 369 g/mol. The number of aryl methyl sites for hydroxylation is 1. The van der Waals surface area contributed by atoms with Crippen molar-refractivity contribution in [3.63, 3.8) is 0 Å². The maximum absolute atomic E-state index is 14.1. The maximum atomic E-state index is 14.1. The highest BCUT2D eigenvalue weighted by Gasteiger charge is 2.15. The molecule has 0 fully saturated rings. The highest BCUT2D eigenvalue weighted by atomic mass is 35.5. The van der Waals surface area contributed by atoms with Crippen molar-refractivity contribution in [3.05, 3.63) is 104 Å². The van der Waals surface area contributed by atoms with Gasteiger partial charge in [0, 0.05) is 17.5 Å². The van der Waals surface area contributed by atoms with Crippen LogP contribution >= 0.6 is 11.6 Å². The van der Waals surface area contributed by atoms with Gasteiger partial charge in [-0.3, -0.25) is 10.1 Å². The molecule has 0 bridgehead atoms. The number of rotatable bonds is 6. The second-order valence-electron chi connectivity index (χ2n) is 6.20. The Morgan fingerprint density at radius 2 is 1.81 bits per heavy atom. The second-order valence-corrected chi connectivity index (χ2v) is 6.63. The van der Waals surface area contributed by atoms with E-state index in [2.05, 4.69) is 0 Å². The largest absolute Gasteiger partial charge is 0.488 e. The highest BCUT2D eigenvalue weighted by Crippen LogP contribution is 2.27. The van der Waals surface area contributed by atoms with Gasteiger partial charge in [-0.1, -0.05) is 47.5 Å². The molecule has 0 saturated heterocycles. The van der Waals surface area contributed by atoms with Crippen LogP contribution in [0, 0.1) is 22.9 Å². The fraction of sp³-hybridized carbons (Fsp3) is 0.143. The molecular formula is C21H17ClFNO3. The molecule has 3 aromatic carbocycles. The van der Waals surface area contributed by atoms with Crippen LogP contribution in [0.2, 0.25) is 5.02 Å². The first kappa shape index (κ1) is 18.9. The lowest BCUT2D eigenvalue weighted by molar-refractivity contribution is -0.385. The Bertz CT molecular complexity index is 991. The summed E-state index contributed by atoms with van der Waals surface area (Å²) < 4.78 is 20.0. The van der Waals surface area contributed by atoms with Crippen LogP contribution in [0.25, 0.3) is 0 Å². The van der Waals surface area contributed by atoms with Crippen molar-refractivity contribution >= 4 is 17.3 Å². The van der Waals surface area contributed by atoms with E-state index < -0.39 is 4.92 Å². The van der Waals surface area contributed by atoms with Crippen LogP contribution in [-0.2, 0) is 13.0 Å². The third-order valence-corrected chi connectivity index (χ3v) is 4.42. The molecule has 0 aliphatic heterocycles. The van der Waals surface area contributed by atoms with E-state index in [1.165, 1.54) is 12.1 Å². The summed E-state index contributed by atoms with van der Waals surface area (Å²) in [6.45, 7) is 1.92. The summed E-state index contributed by atoms with van der Waals surface area (Å²) in [5.74, 6) is 0.175. The Hall–Kier alpha value is -2.92. The fourth-order valence-electron chi connectivity index (χ4n) is 2.82. The number of ether oxygens (including phenoxy) is 1. The zero-order valence-corrected chi connectivity index (χ0v) is 15.4. The first-order valence-electron chi connectivity index (χ1n) is 8.32. The van der Waals surface area contributed by atoms with E-state index in [-0.39, 0.29) is 18.1 Å². The molecule has 0 aromatic heterocycles. The average Bonchev–Trinajstić information content (AvgIpc) is 2.63. The number of nitro groups is 1. The molecule has 0 N–H and O–H groups in total. The van der Waals surface area contributed by atoms with E-state index in [1.807, 2.05) is 25.1 Å². The number of hydrogen-bond acceptors (Lipinski definition) is 3. The Morgan fingerprint density at radius 1 is 1.04 bits per heavy atom. The fourth-order valence-corrected chi connectivity index (χ4v) is 2.98. The minimum absolute atomic E-state index is 0.0156. The van der Waals surface area contributed by atoms with Gasteiger partial charge in [0.2, 0.25) is 0 Å². The topological polar surface area (TPSA) is 52.4 Å². The minimum Gasteiger partial charge on any atom is -0.488 e. The van der Waals surface area contributed by atoms with Gasteiger partial charge in [-0.2, -0.15) is 0 Å².